The molecule has 27 heavy (non-hydrogen) atoms. The van der Waals surface area contributed by atoms with E-state index in [1.54, 1.807) is 23.3 Å². The predicted octanol–water partition coefficient (Wildman–Crippen LogP) is 3.75. The quantitative estimate of drug-likeness (QED) is 0.698. The van der Waals surface area contributed by atoms with Crippen LogP contribution in [0.5, 0.6) is 0 Å². The van der Waals surface area contributed by atoms with Crippen molar-refractivity contribution in [3.8, 4) is 0 Å². The normalized spacial score (nSPS) is 19.0. The van der Waals surface area contributed by atoms with E-state index in [0.717, 1.165) is 16.4 Å². The molecule has 2 aliphatic rings. The number of amides is 1. The monoisotopic (exact) mass is 405 g/mol. The number of nitrogens with zero attached hydrogens (tertiary/aromatic N) is 3. The Labute approximate surface area is 167 Å². The van der Waals surface area contributed by atoms with Gasteiger partial charge in [0.15, 0.2) is 5.17 Å². The largest absolute Gasteiger partial charge is 0.466 e. The van der Waals surface area contributed by atoms with Crippen molar-refractivity contribution in [3.05, 3.63) is 44.8 Å². The van der Waals surface area contributed by atoms with E-state index >= 15 is 0 Å². The molecule has 1 amide bonds. The fraction of sp³-hybridized carbons (Fsp3) is 0.421. The summed E-state index contributed by atoms with van der Waals surface area (Å²) < 4.78 is 5.03. The summed E-state index contributed by atoms with van der Waals surface area (Å²) in [5.41, 5.74) is 3.00. The lowest BCUT2D eigenvalue weighted by Gasteiger charge is -2.36. The van der Waals surface area contributed by atoms with Crippen LogP contribution in [0.15, 0.2) is 44.2 Å². The Morgan fingerprint density at radius 1 is 1.41 bits per heavy atom. The molecule has 0 N–H and O–H groups in total. The van der Waals surface area contributed by atoms with Crippen LogP contribution in [0.25, 0.3) is 0 Å². The van der Waals surface area contributed by atoms with Gasteiger partial charge < -0.3 is 14.5 Å². The molecule has 3 rings (SSSR count). The van der Waals surface area contributed by atoms with Gasteiger partial charge in [0.2, 0.25) is 5.91 Å². The molecule has 0 radical (unpaired) electrons. The molecule has 0 bridgehead atoms. The van der Waals surface area contributed by atoms with Crippen LogP contribution in [0.4, 0.5) is 0 Å². The van der Waals surface area contributed by atoms with Gasteiger partial charge in [0.25, 0.3) is 0 Å². The fourth-order valence-corrected chi connectivity index (χ4v) is 4.70. The van der Waals surface area contributed by atoms with Crippen molar-refractivity contribution in [2.45, 2.75) is 39.3 Å². The van der Waals surface area contributed by atoms with Crippen LogP contribution in [0.3, 0.4) is 0 Å². The van der Waals surface area contributed by atoms with Gasteiger partial charge in [0, 0.05) is 18.8 Å². The van der Waals surface area contributed by atoms with Crippen LogP contribution in [0.2, 0.25) is 0 Å². The average molecular weight is 406 g/mol. The number of fused-ring (bicyclic) bond motifs is 1. The number of carbonyl (C=O) groups is 2. The van der Waals surface area contributed by atoms with E-state index in [-0.39, 0.29) is 24.4 Å². The highest BCUT2D eigenvalue weighted by molar-refractivity contribution is 8.16. The first-order chi connectivity index (χ1) is 12.8. The molecule has 1 atom stereocenters. The van der Waals surface area contributed by atoms with Gasteiger partial charge in [-0.3, -0.25) is 4.79 Å². The third-order valence-electron chi connectivity index (χ3n) is 4.77. The van der Waals surface area contributed by atoms with Crippen molar-refractivity contribution in [1.82, 2.24) is 9.80 Å². The lowest BCUT2D eigenvalue weighted by Crippen LogP contribution is -2.39. The van der Waals surface area contributed by atoms with Crippen LogP contribution in [0, 0.1) is 0 Å². The Hall–Kier alpha value is -2.06. The first-order valence-electron chi connectivity index (χ1n) is 8.65. The van der Waals surface area contributed by atoms with Crippen LogP contribution in [-0.2, 0) is 14.3 Å². The number of esters is 1. The molecule has 1 aromatic rings. The summed E-state index contributed by atoms with van der Waals surface area (Å²) in [6, 6.07) is 1.79. The number of carbonyl (C=O) groups excluding carboxylic acids is 2. The molecule has 0 saturated carbocycles. The van der Waals surface area contributed by atoms with E-state index in [9.17, 15) is 9.59 Å². The second-order valence-corrected chi connectivity index (χ2v) is 8.33. The molecule has 0 aromatic carbocycles. The number of ether oxygens (including phenoxy) is 1. The number of hydrogen-bond acceptors (Lipinski definition) is 7. The van der Waals surface area contributed by atoms with Gasteiger partial charge in [0.05, 0.1) is 30.8 Å². The zero-order chi connectivity index (χ0) is 19.7. The standard InChI is InChI=1S/C19H23N3O3S2/c1-11(2)21(4)15(23)8-14-10-27-19-20-12(3)16(18(24)25-5)17(22(14)19)13-6-7-26-9-13/h6-7,9-11,17H,8H2,1-5H3. The minimum atomic E-state index is -0.395. The van der Waals surface area contributed by atoms with Gasteiger partial charge in [-0.15, -0.1) is 0 Å². The number of aliphatic imine (C=N–C) groups is 1. The van der Waals surface area contributed by atoms with Crippen molar-refractivity contribution >= 4 is 40.1 Å². The molecule has 0 fully saturated rings. The summed E-state index contributed by atoms with van der Waals surface area (Å²) in [5.74, 6) is -0.360. The minimum Gasteiger partial charge on any atom is -0.466 e. The molecular weight excluding hydrogens is 382 g/mol. The summed E-state index contributed by atoms with van der Waals surface area (Å²) in [7, 11) is 3.18. The molecule has 0 saturated heterocycles. The van der Waals surface area contributed by atoms with E-state index < -0.39 is 5.97 Å². The molecule has 144 valence electrons. The average Bonchev–Trinajstić information content (AvgIpc) is 3.29. The molecule has 6 nitrogen and oxygen atoms in total. The van der Waals surface area contributed by atoms with E-state index in [1.165, 1.54) is 18.9 Å². The van der Waals surface area contributed by atoms with Gasteiger partial charge in [-0.1, -0.05) is 11.8 Å². The van der Waals surface area contributed by atoms with Crippen molar-refractivity contribution in [2.75, 3.05) is 14.2 Å². The Kier molecular flexibility index (Phi) is 5.76. The summed E-state index contributed by atoms with van der Waals surface area (Å²) >= 11 is 3.05. The van der Waals surface area contributed by atoms with Gasteiger partial charge in [0.1, 0.15) is 0 Å². The lowest BCUT2D eigenvalue weighted by atomic mass is 9.96. The zero-order valence-corrected chi connectivity index (χ0v) is 17.7. The van der Waals surface area contributed by atoms with E-state index in [1.807, 2.05) is 47.9 Å². The second-order valence-electron chi connectivity index (χ2n) is 6.72. The number of methoxy groups -OCH3 is 1. The highest BCUT2D eigenvalue weighted by atomic mass is 32.2. The molecule has 0 aliphatic carbocycles. The molecule has 2 aliphatic heterocycles. The van der Waals surface area contributed by atoms with Gasteiger partial charge in [-0.25, -0.2) is 9.79 Å². The third-order valence-corrected chi connectivity index (χ3v) is 6.36. The van der Waals surface area contributed by atoms with Crippen LogP contribution >= 0.6 is 23.1 Å². The minimum absolute atomic E-state index is 0.0352. The zero-order valence-electron chi connectivity index (χ0n) is 16.1. The van der Waals surface area contributed by atoms with Crippen molar-refractivity contribution < 1.29 is 14.3 Å². The first kappa shape index (κ1) is 19.7. The van der Waals surface area contributed by atoms with Crippen LogP contribution in [-0.4, -0.2) is 47.0 Å². The topological polar surface area (TPSA) is 62.2 Å². The smallest absolute Gasteiger partial charge is 0.338 e. The summed E-state index contributed by atoms with van der Waals surface area (Å²) in [6.07, 6.45) is 0.259. The van der Waals surface area contributed by atoms with Crippen LogP contribution in [0.1, 0.15) is 38.8 Å². The Bertz CT molecular complexity index is 840. The Morgan fingerprint density at radius 3 is 2.74 bits per heavy atom. The highest BCUT2D eigenvalue weighted by Gasteiger charge is 2.41. The molecule has 1 aromatic heterocycles. The first-order valence-corrected chi connectivity index (χ1v) is 10.5. The Balaban J connectivity index is 1.99. The third kappa shape index (κ3) is 3.68. The van der Waals surface area contributed by atoms with Crippen LogP contribution < -0.4 is 0 Å². The predicted molar refractivity (Wildman–Crippen MR) is 109 cm³/mol. The molecule has 0 spiro atoms. The van der Waals surface area contributed by atoms with Crippen molar-refractivity contribution in [1.29, 1.82) is 0 Å². The van der Waals surface area contributed by atoms with E-state index in [0.29, 0.717) is 11.3 Å². The number of thioether (sulfide) groups is 1. The number of thiophene rings is 1. The maximum atomic E-state index is 12.7. The maximum absolute atomic E-state index is 12.7. The number of rotatable bonds is 5. The van der Waals surface area contributed by atoms with Gasteiger partial charge in [-0.2, -0.15) is 11.3 Å². The summed E-state index contributed by atoms with van der Waals surface area (Å²) in [6.45, 7) is 5.80. The molecular formula is C19H23N3O3S2. The SMILES string of the molecule is COC(=O)C1=C(C)N=C2SC=C(CC(=O)N(C)C(C)C)N2C1c1ccsc1. The number of hydrogen-bond donors (Lipinski definition) is 0. The van der Waals surface area contributed by atoms with Crippen molar-refractivity contribution in [3.63, 3.8) is 0 Å². The Morgan fingerprint density at radius 2 is 2.15 bits per heavy atom. The highest BCUT2D eigenvalue weighted by Crippen LogP contribution is 2.45. The lowest BCUT2D eigenvalue weighted by molar-refractivity contribution is -0.136. The molecule has 1 unspecified atom stereocenters. The van der Waals surface area contributed by atoms with E-state index in [4.69, 9.17) is 4.74 Å². The number of allylic oxidation sites excluding steroid dienone is 1. The number of amidine groups is 1. The molecule has 3 heterocycles. The molecule has 8 heteroatoms. The summed E-state index contributed by atoms with van der Waals surface area (Å²) in [5, 5.41) is 6.74. The van der Waals surface area contributed by atoms with Crippen molar-refractivity contribution in [2.24, 2.45) is 4.99 Å². The fourth-order valence-electron chi connectivity index (χ4n) is 3.05. The van der Waals surface area contributed by atoms with Gasteiger partial charge >= 0.3 is 5.97 Å². The summed E-state index contributed by atoms with van der Waals surface area (Å²) in [4.78, 5) is 33.5. The second kappa shape index (κ2) is 7.90. The maximum Gasteiger partial charge on any atom is 0.338 e. The van der Waals surface area contributed by atoms with E-state index in [2.05, 4.69) is 4.99 Å². The van der Waals surface area contributed by atoms with Gasteiger partial charge in [-0.05, 0) is 48.6 Å².